The summed E-state index contributed by atoms with van der Waals surface area (Å²) >= 11 is 0. The minimum Gasteiger partial charge on any atom is -0.497 e. The molecule has 0 aliphatic carbocycles. The second-order valence-electron chi connectivity index (χ2n) is 5.46. The molecule has 0 atom stereocenters. The van der Waals surface area contributed by atoms with Crippen molar-refractivity contribution in [2.45, 2.75) is 26.3 Å². The Morgan fingerprint density at radius 1 is 1.00 bits per heavy atom. The zero-order valence-electron chi connectivity index (χ0n) is 13.5. The zero-order valence-corrected chi connectivity index (χ0v) is 13.5. The average molecular weight is 307 g/mol. The van der Waals surface area contributed by atoms with E-state index in [0.29, 0.717) is 0 Å². The van der Waals surface area contributed by atoms with Crippen LogP contribution in [0, 0.1) is 0 Å². The summed E-state index contributed by atoms with van der Waals surface area (Å²) in [6, 6.07) is 16.2. The molecule has 4 heteroatoms. The van der Waals surface area contributed by atoms with Crippen LogP contribution in [-0.4, -0.2) is 17.1 Å². The highest BCUT2D eigenvalue weighted by molar-refractivity contribution is 5.88. The number of hydrogen-bond donors (Lipinski definition) is 1. The van der Waals surface area contributed by atoms with Crippen molar-refractivity contribution in [3.63, 3.8) is 0 Å². The second kappa shape index (κ2) is 7.09. The first-order valence-electron chi connectivity index (χ1n) is 7.92. The third-order valence-electron chi connectivity index (χ3n) is 3.74. The molecule has 0 unspecified atom stereocenters. The lowest BCUT2D eigenvalue weighted by Gasteiger charge is -2.11. The van der Waals surface area contributed by atoms with Gasteiger partial charge in [-0.15, -0.1) is 0 Å². The summed E-state index contributed by atoms with van der Waals surface area (Å²) in [7, 11) is 1.68. The number of rotatable bonds is 6. The molecule has 0 saturated carbocycles. The van der Waals surface area contributed by atoms with Crippen molar-refractivity contribution in [2.24, 2.45) is 0 Å². The van der Waals surface area contributed by atoms with Crippen LogP contribution in [0.15, 0.2) is 48.5 Å². The molecule has 23 heavy (non-hydrogen) atoms. The van der Waals surface area contributed by atoms with E-state index in [1.54, 1.807) is 7.11 Å². The van der Waals surface area contributed by atoms with Crippen LogP contribution in [0.3, 0.4) is 0 Å². The second-order valence-corrected chi connectivity index (χ2v) is 5.46. The number of nitrogens with zero attached hydrogens (tertiary/aromatic N) is 2. The van der Waals surface area contributed by atoms with Gasteiger partial charge in [-0.25, -0.2) is 9.97 Å². The molecule has 0 spiro atoms. The summed E-state index contributed by atoms with van der Waals surface area (Å²) < 4.78 is 5.19. The topological polar surface area (TPSA) is 47.0 Å². The number of fused-ring (bicyclic) bond motifs is 1. The van der Waals surface area contributed by atoms with Gasteiger partial charge in [0.1, 0.15) is 17.4 Å². The summed E-state index contributed by atoms with van der Waals surface area (Å²) in [5.74, 6) is 2.66. The monoisotopic (exact) mass is 307 g/mol. The fourth-order valence-corrected chi connectivity index (χ4v) is 2.52. The van der Waals surface area contributed by atoms with Crippen LogP contribution in [0.5, 0.6) is 5.75 Å². The van der Waals surface area contributed by atoms with Crippen molar-refractivity contribution in [2.75, 3.05) is 12.4 Å². The van der Waals surface area contributed by atoms with E-state index in [0.717, 1.165) is 47.7 Å². The van der Waals surface area contributed by atoms with Gasteiger partial charge in [-0.2, -0.15) is 0 Å². The van der Waals surface area contributed by atoms with Gasteiger partial charge in [0, 0.05) is 18.4 Å². The first-order chi connectivity index (χ1) is 11.3. The Bertz CT molecular complexity index is 784. The maximum Gasteiger partial charge on any atom is 0.137 e. The van der Waals surface area contributed by atoms with E-state index in [4.69, 9.17) is 9.72 Å². The minimum absolute atomic E-state index is 0.719. The molecule has 2 aromatic carbocycles. The van der Waals surface area contributed by atoms with Crippen molar-refractivity contribution in [3.8, 4) is 5.75 Å². The molecular formula is C19H21N3O. The van der Waals surface area contributed by atoms with Crippen LogP contribution >= 0.6 is 0 Å². The lowest BCUT2D eigenvalue weighted by molar-refractivity contribution is 0.414. The smallest absolute Gasteiger partial charge is 0.137 e. The molecule has 118 valence electrons. The molecular weight excluding hydrogens is 286 g/mol. The largest absolute Gasteiger partial charge is 0.497 e. The molecule has 0 fully saturated rings. The number of hydrogen-bond acceptors (Lipinski definition) is 4. The standard InChI is InChI=1S/C19H21N3O/c1-3-6-18-21-17-8-5-4-7-16(17)19(22-18)20-13-14-9-11-15(23-2)12-10-14/h4-5,7-12H,3,6,13H2,1-2H3,(H,20,21,22). The normalized spacial score (nSPS) is 10.7. The number of aromatic nitrogens is 2. The molecule has 0 radical (unpaired) electrons. The SMILES string of the molecule is CCCc1nc(NCc2ccc(OC)cc2)c2ccccc2n1. The molecule has 4 nitrogen and oxygen atoms in total. The minimum atomic E-state index is 0.719. The fraction of sp³-hybridized carbons (Fsp3) is 0.263. The van der Waals surface area contributed by atoms with Crippen LogP contribution < -0.4 is 10.1 Å². The van der Waals surface area contributed by atoms with Gasteiger partial charge >= 0.3 is 0 Å². The zero-order chi connectivity index (χ0) is 16.1. The Balaban J connectivity index is 1.85. The van der Waals surface area contributed by atoms with Gasteiger partial charge in [-0.3, -0.25) is 0 Å². The van der Waals surface area contributed by atoms with Gasteiger partial charge in [0.25, 0.3) is 0 Å². The van der Waals surface area contributed by atoms with E-state index >= 15 is 0 Å². The maximum absolute atomic E-state index is 5.19. The van der Waals surface area contributed by atoms with Crippen molar-refractivity contribution >= 4 is 16.7 Å². The number of aryl methyl sites for hydroxylation is 1. The fourth-order valence-electron chi connectivity index (χ4n) is 2.52. The molecule has 0 saturated heterocycles. The first kappa shape index (κ1) is 15.3. The van der Waals surface area contributed by atoms with Gasteiger partial charge in [0.05, 0.1) is 12.6 Å². The molecule has 3 rings (SSSR count). The summed E-state index contributed by atoms with van der Waals surface area (Å²) in [6.07, 6.45) is 1.93. The third-order valence-corrected chi connectivity index (χ3v) is 3.74. The first-order valence-corrected chi connectivity index (χ1v) is 7.92. The lowest BCUT2D eigenvalue weighted by Crippen LogP contribution is -2.05. The highest BCUT2D eigenvalue weighted by Crippen LogP contribution is 2.21. The van der Waals surface area contributed by atoms with Gasteiger partial charge < -0.3 is 10.1 Å². The number of benzene rings is 2. The van der Waals surface area contributed by atoms with Crippen LogP contribution in [0.25, 0.3) is 10.9 Å². The van der Waals surface area contributed by atoms with E-state index in [-0.39, 0.29) is 0 Å². The van der Waals surface area contributed by atoms with Crippen molar-refractivity contribution in [3.05, 3.63) is 59.9 Å². The Hall–Kier alpha value is -2.62. The summed E-state index contributed by atoms with van der Waals surface area (Å²) in [5.41, 5.74) is 2.17. The number of ether oxygens (including phenoxy) is 1. The number of anilines is 1. The van der Waals surface area contributed by atoms with Gasteiger partial charge in [0.15, 0.2) is 0 Å². The summed E-state index contributed by atoms with van der Waals surface area (Å²) in [5, 5.41) is 4.50. The lowest BCUT2D eigenvalue weighted by atomic mass is 10.2. The number of para-hydroxylation sites is 1. The van der Waals surface area contributed by atoms with E-state index < -0.39 is 0 Å². The van der Waals surface area contributed by atoms with Crippen LogP contribution in [0.1, 0.15) is 24.7 Å². The van der Waals surface area contributed by atoms with E-state index in [9.17, 15) is 0 Å². The number of methoxy groups -OCH3 is 1. The predicted molar refractivity (Wildman–Crippen MR) is 93.9 cm³/mol. The van der Waals surface area contributed by atoms with Crippen LogP contribution in [0.2, 0.25) is 0 Å². The Kier molecular flexibility index (Phi) is 4.71. The highest BCUT2D eigenvalue weighted by Gasteiger charge is 2.07. The molecule has 0 amide bonds. The highest BCUT2D eigenvalue weighted by atomic mass is 16.5. The molecule has 0 aliphatic rings. The molecule has 1 aromatic heterocycles. The van der Waals surface area contributed by atoms with Gasteiger partial charge in [0.2, 0.25) is 0 Å². The summed E-state index contributed by atoms with van der Waals surface area (Å²) in [6.45, 7) is 2.86. The molecule has 1 heterocycles. The average Bonchev–Trinajstić information content (AvgIpc) is 2.60. The Morgan fingerprint density at radius 3 is 2.52 bits per heavy atom. The van der Waals surface area contributed by atoms with E-state index in [1.807, 2.05) is 30.3 Å². The quantitative estimate of drug-likeness (QED) is 0.741. The predicted octanol–water partition coefficient (Wildman–Crippen LogP) is 4.20. The van der Waals surface area contributed by atoms with Gasteiger partial charge in [-0.05, 0) is 36.2 Å². The van der Waals surface area contributed by atoms with Crippen LogP contribution in [0.4, 0.5) is 5.82 Å². The Labute approximate surface area is 136 Å². The van der Waals surface area contributed by atoms with Crippen molar-refractivity contribution in [1.82, 2.24) is 9.97 Å². The maximum atomic E-state index is 5.19. The third kappa shape index (κ3) is 3.59. The Morgan fingerprint density at radius 2 is 1.78 bits per heavy atom. The molecule has 0 aliphatic heterocycles. The summed E-state index contributed by atoms with van der Waals surface area (Å²) in [4.78, 5) is 9.33. The van der Waals surface area contributed by atoms with E-state index in [2.05, 4.69) is 35.4 Å². The van der Waals surface area contributed by atoms with Crippen molar-refractivity contribution < 1.29 is 4.74 Å². The molecule has 3 aromatic rings. The van der Waals surface area contributed by atoms with Crippen LogP contribution in [-0.2, 0) is 13.0 Å². The van der Waals surface area contributed by atoms with Crippen molar-refractivity contribution in [1.29, 1.82) is 0 Å². The number of nitrogens with one attached hydrogen (secondary N) is 1. The van der Waals surface area contributed by atoms with Gasteiger partial charge in [-0.1, -0.05) is 31.2 Å². The molecule has 0 bridgehead atoms. The van der Waals surface area contributed by atoms with E-state index in [1.165, 1.54) is 5.56 Å². The molecule has 1 N–H and O–H groups in total.